The minimum absolute atomic E-state index is 0.183. The molecule has 1 aliphatic heterocycles. The highest BCUT2D eigenvalue weighted by Gasteiger charge is 2.32. The number of hydrogen-bond acceptors (Lipinski definition) is 2. The van der Waals surface area contributed by atoms with Gasteiger partial charge in [0.25, 0.3) is 0 Å². The van der Waals surface area contributed by atoms with E-state index in [0.717, 1.165) is 25.7 Å². The monoisotopic (exact) mass is 225 g/mol. The summed E-state index contributed by atoms with van der Waals surface area (Å²) in [7, 11) is 0. The van der Waals surface area contributed by atoms with Crippen molar-refractivity contribution in [3.8, 4) is 0 Å². The zero-order valence-corrected chi connectivity index (χ0v) is 8.76. The normalized spacial score (nSPS) is 20.8. The average Bonchev–Trinajstić information content (AvgIpc) is 2.14. The van der Waals surface area contributed by atoms with Gasteiger partial charge in [-0.25, -0.2) is 0 Å². The Morgan fingerprint density at radius 1 is 1.20 bits per heavy atom. The van der Waals surface area contributed by atoms with E-state index in [1.54, 1.807) is 0 Å². The molecule has 1 N–H and O–H groups in total. The van der Waals surface area contributed by atoms with Crippen LogP contribution in [0.3, 0.4) is 0 Å². The van der Waals surface area contributed by atoms with Crippen LogP contribution < -0.4 is 0 Å². The van der Waals surface area contributed by atoms with E-state index >= 15 is 0 Å². The zero-order valence-electron chi connectivity index (χ0n) is 8.76. The number of aliphatic hydroxyl groups excluding tert-OH is 1. The lowest BCUT2D eigenvalue weighted by molar-refractivity contribution is -0.148. The molecular weight excluding hydrogens is 207 g/mol. The Kier molecular flexibility index (Phi) is 4.86. The smallest absolute Gasteiger partial charge is 0.396 e. The molecule has 0 atom stereocenters. The molecule has 0 spiro atoms. The Labute approximate surface area is 88.1 Å². The van der Waals surface area contributed by atoms with E-state index in [4.69, 9.17) is 5.11 Å². The summed E-state index contributed by atoms with van der Waals surface area (Å²) in [6.45, 7) is 0.480. The van der Waals surface area contributed by atoms with Gasteiger partial charge in [0.1, 0.15) is 0 Å². The van der Waals surface area contributed by atoms with Crippen LogP contribution in [0.15, 0.2) is 0 Å². The van der Waals surface area contributed by atoms with Gasteiger partial charge in [0.05, 0.1) is 6.54 Å². The Balaban J connectivity index is 2.18. The van der Waals surface area contributed by atoms with Crippen molar-refractivity contribution in [2.45, 2.75) is 31.9 Å². The quantitative estimate of drug-likeness (QED) is 0.791. The molecule has 15 heavy (non-hydrogen) atoms. The zero-order chi connectivity index (χ0) is 11.3. The van der Waals surface area contributed by atoms with Gasteiger partial charge in [-0.15, -0.1) is 0 Å². The van der Waals surface area contributed by atoms with Crippen molar-refractivity contribution < 1.29 is 18.3 Å². The second-order valence-corrected chi connectivity index (χ2v) is 4.20. The fourth-order valence-electron chi connectivity index (χ4n) is 2.07. The van der Waals surface area contributed by atoms with Gasteiger partial charge < -0.3 is 5.11 Å². The van der Waals surface area contributed by atoms with Gasteiger partial charge >= 0.3 is 6.18 Å². The molecule has 0 aliphatic carbocycles. The number of alkyl halides is 3. The topological polar surface area (TPSA) is 23.5 Å². The summed E-state index contributed by atoms with van der Waals surface area (Å²) < 4.78 is 36.2. The Morgan fingerprint density at radius 2 is 1.80 bits per heavy atom. The summed E-state index contributed by atoms with van der Waals surface area (Å²) >= 11 is 0. The predicted molar refractivity (Wildman–Crippen MR) is 51.5 cm³/mol. The van der Waals surface area contributed by atoms with Crippen LogP contribution >= 0.6 is 0 Å². The lowest BCUT2D eigenvalue weighted by atomic mass is 9.92. The molecule has 1 rings (SSSR count). The van der Waals surface area contributed by atoms with Crippen LogP contribution in [0.5, 0.6) is 0 Å². The van der Waals surface area contributed by atoms with Crippen LogP contribution in [-0.2, 0) is 0 Å². The molecule has 1 heterocycles. The molecule has 0 amide bonds. The van der Waals surface area contributed by atoms with Crippen molar-refractivity contribution in [1.29, 1.82) is 0 Å². The van der Waals surface area contributed by atoms with Gasteiger partial charge in [0.15, 0.2) is 0 Å². The number of halogens is 3. The van der Waals surface area contributed by atoms with E-state index < -0.39 is 12.7 Å². The minimum atomic E-state index is -4.07. The van der Waals surface area contributed by atoms with E-state index in [0.29, 0.717) is 19.0 Å². The molecule has 1 saturated heterocycles. The highest BCUT2D eigenvalue weighted by Crippen LogP contribution is 2.24. The van der Waals surface area contributed by atoms with Crippen molar-refractivity contribution in [3.05, 3.63) is 0 Å². The molecule has 0 radical (unpaired) electrons. The number of piperidine rings is 1. The standard InChI is InChI=1S/C10H18F3NO/c11-10(12,13)8-14-5-3-9(4-6-14)2-1-7-15/h9,15H,1-8H2. The van der Waals surface area contributed by atoms with Crippen LogP contribution in [0.4, 0.5) is 13.2 Å². The van der Waals surface area contributed by atoms with Gasteiger partial charge in [-0.1, -0.05) is 0 Å². The van der Waals surface area contributed by atoms with Crippen molar-refractivity contribution in [1.82, 2.24) is 4.90 Å². The molecule has 0 aromatic carbocycles. The first kappa shape index (κ1) is 12.8. The molecule has 1 aliphatic rings. The third-order valence-corrected chi connectivity index (χ3v) is 2.88. The van der Waals surface area contributed by atoms with Crippen molar-refractivity contribution in [2.75, 3.05) is 26.2 Å². The summed E-state index contributed by atoms with van der Waals surface area (Å²) in [5.74, 6) is 0.502. The summed E-state index contributed by atoms with van der Waals surface area (Å²) in [5, 5.41) is 8.64. The van der Waals surface area contributed by atoms with Gasteiger partial charge in [0.2, 0.25) is 0 Å². The summed E-state index contributed by atoms with van der Waals surface area (Å²) in [6, 6.07) is 0. The number of aliphatic hydroxyl groups is 1. The summed E-state index contributed by atoms with van der Waals surface area (Å²) in [6.07, 6.45) is -0.704. The van der Waals surface area contributed by atoms with E-state index in [1.165, 1.54) is 4.90 Å². The van der Waals surface area contributed by atoms with Crippen LogP contribution in [0.1, 0.15) is 25.7 Å². The maximum Gasteiger partial charge on any atom is 0.401 e. The highest BCUT2D eigenvalue weighted by atomic mass is 19.4. The van der Waals surface area contributed by atoms with Crippen LogP contribution in [-0.4, -0.2) is 42.4 Å². The number of nitrogens with zero attached hydrogens (tertiary/aromatic N) is 1. The molecule has 0 bridgehead atoms. The van der Waals surface area contributed by atoms with E-state index in [1.807, 2.05) is 0 Å². The summed E-state index contributed by atoms with van der Waals surface area (Å²) in [5.41, 5.74) is 0. The molecule has 0 aromatic rings. The number of hydrogen-bond donors (Lipinski definition) is 1. The lowest BCUT2D eigenvalue weighted by Gasteiger charge is -2.32. The van der Waals surface area contributed by atoms with Gasteiger partial charge in [0, 0.05) is 6.61 Å². The van der Waals surface area contributed by atoms with E-state index in [9.17, 15) is 13.2 Å². The third-order valence-electron chi connectivity index (χ3n) is 2.88. The fourth-order valence-corrected chi connectivity index (χ4v) is 2.07. The first-order valence-corrected chi connectivity index (χ1v) is 5.41. The van der Waals surface area contributed by atoms with Crippen molar-refractivity contribution >= 4 is 0 Å². The number of likely N-dealkylation sites (tertiary alicyclic amines) is 1. The van der Waals surface area contributed by atoms with Crippen LogP contribution in [0, 0.1) is 5.92 Å². The Bertz CT molecular complexity index is 176. The lowest BCUT2D eigenvalue weighted by Crippen LogP contribution is -2.40. The molecular formula is C10H18F3NO. The first-order valence-electron chi connectivity index (χ1n) is 5.41. The second-order valence-electron chi connectivity index (χ2n) is 4.20. The second kappa shape index (κ2) is 5.70. The molecule has 0 unspecified atom stereocenters. The largest absolute Gasteiger partial charge is 0.401 e. The highest BCUT2D eigenvalue weighted by molar-refractivity contribution is 4.74. The number of rotatable bonds is 4. The minimum Gasteiger partial charge on any atom is -0.396 e. The average molecular weight is 225 g/mol. The molecule has 90 valence electrons. The first-order chi connectivity index (χ1) is 7.01. The third kappa shape index (κ3) is 5.37. The van der Waals surface area contributed by atoms with Gasteiger partial charge in [-0.3, -0.25) is 4.90 Å². The summed E-state index contributed by atoms with van der Waals surface area (Å²) in [4.78, 5) is 1.47. The van der Waals surface area contributed by atoms with Gasteiger partial charge in [-0.05, 0) is 44.7 Å². The SMILES string of the molecule is OCCCC1CCN(CC(F)(F)F)CC1. The van der Waals surface area contributed by atoms with Gasteiger partial charge in [-0.2, -0.15) is 13.2 Å². The van der Waals surface area contributed by atoms with Crippen LogP contribution in [0.2, 0.25) is 0 Å². The van der Waals surface area contributed by atoms with Crippen molar-refractivity contribution in [2.24, 2.45) is 5.92 Å². The van der Waals surface area contributed by atoms with E-state index in [-0.39, 0.29) is 6.61 Å². The molecule has 0 saturated carbocycles. The predicted octanol–water partition coefficient (Wildman–Crippen LogP) is 2.03. The molecule has 1 fully saturated rings. The molecule has 2 nitrogen and oxygen atoms in total. The van der Waals surface area contributed by atoms with Crippen molar-refractivity contribution in [3.63, 3.8) is 0 Å². The fraction of sp³-hybridized carbons (Fsp3) is 1.00. The van der Waals surface area contributed by atoms with E-state index in [2.05, 4.69) is 0 Å². The molecule has 0 aromatic heterocycles. The Morgan fingerprint density at radius 3 is 2.27 bits per heavy atom. The Hall–Kier alpha value is -0.290. The molecule has 5 heteroatoms. The maximum absolute atomic E-state index is 12.1. The van der Waals surface area contributed by atoms with Crippen LogP contribution in [0.25, 0.3) is 0 Å². The maximum atomic E-state index is 12.1.